The molecule has 0 unspecified atom stereocenters. The van der Waals surface area contributed by atoms with Crippen molar-refractivity contribution in [3.8, 4) is 5.75 Å². The Morgan fingerprint density at radius 3 is 2.38 bits per heavy atom. The van der Waals surface area contributed by atoms with Crippen LogP contribution in [0.1, 0.15) is 61.3 Å². The van der Waals surface area contributed by atoms with Crippen molar-refractivity contribution in [1.82, 2.24) is 10.2 Å². The summed E-state index contributed by atoms with van der Waals surface area (Å²) in [6.07, 6.45) is 5.20. The highest BCUT2D eigenvalue weighted by atomic mass is 16.5. The number of nitrogens with one attached hydrogen (secondary N) is 1. The maximum atomic E-state index is 13.6. The van der Waals surface area contributed by atoms with Gasteiger partial charge in [-0.1, -0.05) is 61.2 Å². The summed E-state index contributed by atoms with van der Waals surface area (Å²) in [5.41, 5.74) is 4.20. The molecule has 3 rings (SSSR count). The quantitative estimate of drug-likeness (QED) is 0.619. The molecule has 2 aromatic carbocycles. The van der Waals surface area contributed by atoms with Gasteiger partial charge < -0.3 is 15.0 Å². The number of ether oxygens (including phenoxy) is 1. The van der Waals surface area contributed by atoms with E-state index in [1.165, 1.54) is 0 Å². The number of carbonyl (C=O) groups is 2. The Kier molecular flexibility index (Phi) is 8.32. The Hall–Kier alpha value is -2.82. The van der Waals surface area contributed by atoms with Crippen molar-refractivity contribution in [1.29, 1.82) is 0 Å². The number of benzene rings is 2. The molecule has 0 bridgehead atoms. The fourth-order valence-electron chi connectivity index (χ4n) is 4.70. The zero-order valence-electron chi connectivity index (χ0n) is 19.8. The zero-order chi connectivity index (χ0) is 23.1. The molecule has 172 valence electrons. The van der Waals surface area contributed by atoms with Crippen LogP contribution in [-0.2, 0) is 22.6 Å². The molecule has 32 heavy (non-hydrogen) atoms. The van der Waals surface area contributed by atoms with Gasteiger partial charge in [0.05, 0.1) is 13.5 Å². The summed E-state index contributed by atoms with van der Waals surface area (Å²) < 4.78 is 5.36. The number of amides is 2. The van der Waals surface area contributed by atoms with E-state index in [2.05, 4.69) is 11.4 Å². The molecule has 5 heteroatoms. The lowest BCUT2D eigenvalue weighted by Crippen LogP contribution is -2.51. The van der Waals surface area contributed by atoms with Crippen molar-refractivity contribution < 1.29 is 14.3 Å². The van der Waals surface area contributed by atoms with E-state index in [9.17, 15) is 9.59 Å². The summed E-state index contributed by atoms with van der Waals surface area (Å²) in [4.78, 5) is 28.5. The van der Waals surface area contributed by atoms with Gasteiger partial charge in [-0.2, -0.15) is 0 Å². The second-order valence-electron chi connectivity index (χ2n) is 8.96. The van der Waals surface area contributed by atoms with Gasteiger partial charge >= 0.3 is 0 Å². The van der Waals surface area contributed by atoms with Crippen LogP contribution < -0.4 is 10.1 Å². The molecule has 5 nitrogen and oxygen atoms in total. The zero-order valence-corrected chi connectivity index (χ0v) is 19.8. The van der Waals surface area contributed by atoms with E-state index in [1.54, 1.807) is 12.0 Å². The van der Waals surface area contributed by atoms with Gasteiger partial charge in [0.1, 0.15) is 11.8 Å². The molecule has 1 fully saturated rings. The largest absolute Gasteiger partial charge is 0.497 e. The summed E-state index contributed by atoms with van der Waals surface area (Å²) in [7, 11) is 1.63. The van der Waals surface area contributed by atoms with Crippen LogP contribution in [0.4, 0.5) is 0 Å². The molecule has 1 atom stereocenters. The number of aryl methyl sites for hydroxylation is 2. The monoisotopic (exact) mass is 436 g/mol. The molecule has 0 heterocycles. The molecule has 1 saturated carbocycles. The SMILES string of the molecule is CC[C@H](C(=O)NC1CCCC1)N(Cc1cccc(OC)c1)C(=O)Cc1cc(C)cc(C)c1. The first-order valence-electron chi connectivity index (χ1n) is 11.7. The van der Waals surface area contributed by atoms with Gasteiger partial charge in [-0.15, -0.1) is 0 Å². The lowest BCUT2D eigenvalue weighted by molar-refractivity contribution is -0.141. The molecule has 1 aliphatic rings. The first-order valence-corrected chi connectivity index (χ1v) is 11.7. The number of rotatable bonds is 9. The van der Waals surface area contributed by atoms with Crippen molar-refractivity contribution >= 4 is 11.8 Å². The highest BCUT2D eigenvalue weighted by Gasteiger charge is 2.30. The molecule has 1 N–H and O–H groups in total. The minimum Gasteiger partial charge on any atom is -0.497 e. The minimum atomic E-state index is -0.500. The van der Waals surface area contributed by atoms with Crippen molar-refractivity contribution in [3.63, 3.8) is 0 Å². The Morgan fingerprint density at radius 1 is 1.06 bits per heavy atom. The molecule has 2 aromatic rings. The van der Waals surface area contributed by atoms with Crippen LogP contribution in [0.25, 0.3) is 0 Å². The first-order chi connectivity index (χ1) is 15.4. The molecular formula is C27H36N2O3. The van der Waals surface area contributed by atoms with E-state index < -0.39 is 6.04 Å². The molecule has 1 aliphatic carbocycles. The van der Waals surface area contributed by atoms with Gasteiger partial charge in [0.25, 0.3) is 0 Å². The summed E-state index contributed by atoms with van der Waals surface area (Å²) in [5.74, 6) is 0.662. The average Bonchev–Trinajstić information content (AvgIpc) is 3.26. The van der Waals surface area contributed by atoms with Crippen LogP contribution in [0, 0.1) is 13.8 Å². The predicted octanol–water partition coefficient (Wildman–Crippen LogP) is 4.72. The molecule has 0 aliphatic heterocycles. The third-order valence-electron chi connectivity index (χ3n) is 6.21. The van der Waals surface area contributed by atoms with Crippen LogP contribution in [-0.4, -0.2) is 35.9 Å². The van der Waals surface area contributed by atoms with Gasteiger partial charge in [-0.3, -0.25) is 9.59 Å². The van der Waals surface area contributed by atoms with Gasteiger partial charge in [0, 0.05) is 12.6 Å². The topological polar surface area (TPSA) is 58.6 Å². The van der Waals surface area contributed by atoms with E-state index in [0.717, 1.165) is 53.7 Å². The van der Waals surface area contributed by atoms with Crippen LogP contribution >= 0.6 is 0 Å². The minimum absolute atomic E-state index is 0.0359. The van der Waals surface area contributed by atoms with Gasteiger partial charge in [-0.05, 0) is 56.4 Å². The smallest absolute Gasteiger partial charge is 0.243 e. The van der Waals surface area contributed by atoms with Crippen LogP contribution in [0.3, 0.4) is 0 Å². The Morgan fingerprint density at radius 2 is 1.75 bits per heavy atom. The van der Waals surface area contributed by atoms with E-state index in [-0.39, 0.29) is 24.3 Å². The predicted molar refractivity (Wildman–Crippen MR) is 128 cm³/mol. The molecule has 0 radical (unpaired) electrons. The molecule has 0 aromatic heterocycles. The first kappa shape index (κ1) is 23.8. The Balaban J connectivity index is 1.85. The Labute approximate surface area is 192 Å². The lowest BCUT2D eigenvalue weighted by Gasteiger charge is -2.31. The average molecular weight is 437 g/mol. The van der Waals surface area contributed by atoms with Crippen LogP contribution in [0.2, 0.25) is 0 Å². The third kappa shape index (κ3) is 6.35. The van der Waals surface area contributed by atoms with Crippen LogP contribution in [0.15, 0.2) is 42.5 Å². The lowest BCUT2D eigenvalue weighted by atomic mass is 10.0. The van der Waals surface area contributed by atoms with E-state index in [0.29, 0.717) is 13.0 Å². The number of carbonyl (C=O) groups excluding carboxylic acids is 2. The second kappa shape index (κ2) is 11.2. The number of methoxy groups -OCH3 is 1. The van der Waals surface area contributed by atoms with E-state index in [4.69, 9.17) is 4.74 Å². The van der Waals surface area contributed by atoms with Crippen molar-refractivity contribution in [2.75, 3.05) is 7.11 Å². The summed E-state index contributed by atoms with van der Waals surface area (Å²) in [6.45, 7) is 6.43. The number of nitrogens with zero attached hydrogens (tertiary/aromatic N) is 1. The molecule has 0 saturated heterocycles. The molecular weight excluding hydrogens is 400 g/mol. The maximum absolute atomic E-state index is 13.6. The summed E-state index contributed by atoms with van der Waals surface area (Å²) in [6, 6.07) is 13.6. The molecule has 0 spiro atoms. The van der Waals surface area contributed by atoms with Crippen LogP contribution in [0.5, 0.6) is 5.75 Å². The maximum Gasteiger partial charge on any atom is 0.243 e. The van der Waals surface area contributed by atoms with E-state index >= 15 is 0 Å². The van der Waals surface area contributed by atoms with Gasteiger partial charge in [-0.25, -0.2) is 0 Å². The normalized spacial score (nSPS) is 14.8. The van der Waals surface area contributed by atoms with Crippen molar-refractivity contribution in [3.05, 3.63) is 64.7 Å². The van der Waals surface area contributed by atoms with Crippen molar-refractivity contribution in [2.24, 2.45) is 0 Å². The second-order valence-corrected chi connectivity index (χ2v) is 8.96. The Bertz CT molecular complexity index is 914. The highest BCUT2D eigenvalue weighted by molar-refractivity contribution is 5.88. The standard InChI is InChI=1S/C27H36N2O3/c1-5-25(27(31)28-23-10-6-7-11-23)29(18-21-9-8-12-24(16-21)32-4)26(30)17-22-14-19(2)13-20(3)15-22/h8-9,12-16,23,25H,5-7,10-11,17-18H2,1-4H3,(H,28,31)/t25-/m1/s1. The van der Waals surface area contributed by atoms with E-state index in [1.807, 2.05) is 57.2 Å². The summed E-state index contributed by atoms with van der Waals surface area (Å²) in [5, 5.41) is 3.20. The molecule has 2 amide bonds. The fraction of sp³-hybridized carbons (Fsp3) is 0.481. The number of hydrogen-bond acceptors (Lipinski definition) is 3. The summed E-state index contributed by atoms with van der Waals surface area (Å²) >= 11 is 0. The fourth-order valence-corrected chi connectivity index (χ4v) is 4.70. The van der Waals surface area contributed by atoms with Crippen molar-refractivity contribution in [2.45, 2.75) is 77.9 Å². The number of hydrogen-bond donors (Lipinski definition) is 1. The van der Waals surface area contributed by atoms with Gasteiger partial charge in [0.2, 0.25) is 11.8 Å². The third-order valence-corrected chi connectivity index (χ3v) is 6.21. The van der Waals surface area contributed by atoms with Gasteiger partial charge in [0.15, 0.2) is 0 Å². The highest BCUT2D eigenvalue weighted by Crippen LogP contribution is 2.21.